The molecule has 1 saturated heterocycles. The van der Waals surface area contributed by atoms with Crippen molar-refractivity contribution in [2.75, 3.05) is 26.2 Å². The molecule has 0 N–H and O–H groups in total. The number of rotatable bonds is 4. The Morgan fingerprint density at radius 3 is 2.56 bits per heavy atom. The fourth-order valence-electron chi connectivity index (χ4n) is 3.45. The number of fused-ring (bicyclic) bond motifs is 1. The number of nitrogens with zero attached hydrogens (tertiary/aromatic N) is 4. The second kappa shape index (κ2) is 7.48. The Hall–Kier alpha value is -2.73. The van der Waals surface area contributed by atoms with Crippen molar-refractivity contribution in [3.8, 4) is 11.5 Å². The molecular formula is C21H24N4O2. The van der Waals surface area contributed by atoms with Crippen molar-refractivity contribution in [2.24, 2.45) is 5.92 Å². The molecule has 0 aliphatic carbocycles. The molecule has 4 rings (SSSR count). The van der Waals surface area contributed by atoms with E-state index >= 15 is 0 Å². The van der Waals surface area contributed by atoms with Gasteiger partial charge in [-0.05, 0) is 22.9 Å². The number of aromatic nitrogens is 2. The number of amides is 1. The van der Waals surface area contributed by atoms with Crippen molar-refractivity contribution < 1.29 is 9.32 Å². The van der Waals surface area contributed by atoms with Gasteiger partial charge >= 0.3 is 0 Å². The van der Waals surface area contributed by atoms with E-state index in [1.54, 1.807) is 0 Å². The van der Waals surface area contributed by atoms with Gasteiger partial charge in [-0.15, -0.1) is 0 Å². The third kappa shape index (κ3) is 3.85. The molecule has 140 valence electrons. The van der Waals surface area contributed by atoms with Gasteiger partial charge in [0.15, 0.2) is 5.82 Å². The molecule has 27 heavy (non-hydrogen) atoms. The minimum Gasteiger partial charge on any atom is -0.340 e. The monoisotopic (exact) mass is 364 g/mol. The van der Waals surface area contributed by atoms with E-state index in [0.717, 1.165) is 37.1 Å². The normalized spacial score (nSPS) is 15.6. The third-order valence-electron chi connectivity index (χ3n) is 5.01. The first-order valence-corrected chi connectivity index (χ1v) is 9.43. The lowest BCUT2D eigenvalue weighted by Crippen LogP contribution is -2.49. The van der Waals surface area contributed by atoms with E-state index in [9.17, 15) is 4.79 Å². The summed E-state index contributed by atoms with van der Waals surface area (Å²) in [6, 6.07) is 14.4. The highest BCUT2D eigenvalue weighted by molar-refractivity contribution is 5.86. The molecule has 0 bridgehead atoms. The number of piperazine rings is 1. The van der Waals surface area contributed by atoms with E-state index in [-0.39, 0.29) is 11.8 Å². The molecule has 0 saturated carbocycles. The molecule has 1 aliphatic heterocycles. The number of carbonyl (C=O) groups excluding carboxylic acids is 1. The van der Waals surface area contributed by atoms with Crippen LogP contribution in [-0.2, 0) is 11.3 Å². The summed E-state index contributed by atoms with van der Waals surface area (Å²) in [6.45, 7) is 7.71. The third-order valence-corrected chi connectivity index (χ3v) is 5.01. The first-order valence-electron chi connectivity index (χ1n) is 9.43. The predicted octanol–water partition coefficient (Wildman–Crippen LogP) is 3.19. The molecule has 3 aromatic rings. The highest BCUT2D eigenvalue weighted by Gasteiger charge is 2.23. The van der Waals surface area contributed by atoms with Crippen LogP contribution in [0.15, 0.2) is 47.0 Å². The Morgan fingerprint density at radius 1 is 1.07 bits per heavy atom. The topological polar surface area (TPSA) is 62.5 Å². The zero-order valence-electron chi connectivity index (χ0n) is 15.8. The summed E-state index contributed by atoms with van der Waals surface area (Å²) in [5.41, 5.74) is 0.930. The SMILES string of the molecule is CC(C)C(=O)N1CCN(Cc2noc(-c3ccc4ccccc4c3)n2)CC1. The summed E-state index contributed by atoms with van der Waals surface area (Å²) in [5, 5.41) is 6.48. The van der Waals surface area contributed by atoms with Crippen LogP contribution in [0.25, 0.3) is 22.2 Å². The molecule has 1 amide bonds. The van der Waals surface area contributed by atoms with Crippen molar-refractivity contribution in [3.05, 3.63) is 48.3 Å². The maximum atomic E-state index is 12.1. The van der Waals surface area contributed by atoms with Crippen LogP contribution >= 0.6 is 0 Å². The van der Waals surface area contributed by atoms with E-state index in [4.69, 9.17) is 4.52 Å². The van der Waals surface area contributed by atoms with E-state index in [1.807, 2.05) is 36.9 Å². The van der Waals surface area contributed by atoms with Crippen molar-refractivity contribution in [3.63, 3.8) is 0 Å². The molecule has 6 heteroatoms. The Labute approximate surface area is 158 Å². The predicted molar refractivity (Wildman–Crippen MR) is 104 cm³/mol. The lowest BCUT2D eigenvalue weighted by molar-refractivity contribution is -0.136. The fraction of sp³-hybridized carbons (Fsp3) is 0.381. The summed E-state index contributed by atoms with van der Waals surface area (Å²) >= 11 is 0. The number of benzene rings is 2. The van der Waals surface area contributed by atoms with Gasteiger partial charge in [0.2, 0.25) is 5.91 Å². The number of carbonyl (C=O) groups is 1. The highest BCUT2D eigenvalue weighted by atomic mass is 16.5. The smallest absolute Gasteiger partial charge is 0.257 e. The van der Waals surface area contributed by atoms with Crippen molar-refractivity contribution in [1.29, 1.82) is 0 Å². The summed E-state index contributed by atoms with van der Waals surface area (Å²) in [5.74, 6) is 1.51. The van der Waals surface area contributed by atoms with Crippen molar-refractivity contribution in [2.45, 2.75) is 20.4 Å². The second-order valence-corrected chi connectivity index (χ2v) is 7.33. The molecule has 1 fully saturated rings. The molecule has 0 atom stereocenters. The average molecular weight is 364 g/mol. The first-order chi connectivity index (χ1) is 13.1. The molecule has 0 spiro atoms. The van der Waals surface area contributed by atoms with Crippen LogP contribution in [0, 0.1) is 5.92 Å². The van der Waals surface area contributed by atoms with E-state index in [2.05, 4.69) is 39.3 Å². The molecule has 0 unspecified atom stereocenters. The van der Waals surface area contributed by atoms with E-state index in [0.29, 0.717) is 18.3 Å². The van der Waals surface area contributed by atoms with Gasteiger partial charge in [0.1, 0.15) is 0 Å². The van der Waals surface area contributed by atoms with Crippen LogP contribution in [0.2, 0.25) is 0 Å². The van der Waals surface area contributed by atoms with Gasteiger partial charge in [0.05, 0.1) is 6.54 Å². The lowest BCUT2D eigenvalue weighted by Gasteiger charge is -2.34. The molecular weight excluding hydrogens is 340 g/mol. The zero-order chi connectivity index (χ0) is 18.8. The van der Waals surface area contributed by atoms with Crippen molar-refractivity contribution >= 4 is 16.7 Å². The number of hydrogen-bond acceptors (Lipinski definition) is 5. The minimum atomic E-state index is 0.0540. The molecule has 6 nitrogen and oxygen atoms in total. The van der Waals surface area contributed by atoms with Gasteiger partial charge in [-0.1, -0.05) is 49.3 Å². The second-order valence-electron chi connectivity index (χ2n) is 7.33. The molecule has 2 aromatic carbocycles. The van der Waals surface area contributed by atoms with Gasteiger partial charge in [-0.25, -0.2) is 0 Å². The zero-order valence-corrected chi connectivity index (χ0v) is 15.8. The maximum Gasteiger partial charge on any atom is 0.257 e. The average Bonchev–Trinajstić information content (AvgIpc) is 3.16. The quantitative estimate of drug-likeness (QED) is 0.711. The minimum absolute atomic E-state index is 0.0540. The summed E-state index contributed by atoms with van der Waals surface area (Å²) in [7, 11) is 0. The molecule has 2 heterocycles. The summed E-state index contributed by atoms with van der Waals surface area (Å²) < 4.78 is 5.48. The van der Waals surface area contributed by atoms with Crippen molar-refractivity contribution in [1.82, 2.24) is 19.9 Å². The van der Waals surface area contributed by atoms with Gasteiger partial charge in [-0.3, -0.25) is 9.69 Å². The summed E-state index contributed by atoms with van der Waals surface area (Å²) in [4.78, 5) is 20.9. The molecule has 1 aliphatic rings. The maximum absolute atomic E-state index is 12.1. The Morgan fingerprint density at radius 2 is 1.81 bits per heavy atom. The van der Waals surface area contributed by atoms with Crippen LogP contribution in [-0.4, -0.2) is 52.0 Å². The van der Waals surface area contributed by atoms with Crippen LogP contribution < -0.4 is 0 Å². The van der Waals surface area contributed by atoms with Gasteiger partial charge in [-0.2, -0.15) is 4.98 Å². The van der Waals surface area contributed by atoms with Crippen LogP contribution in [0.5, 0.6) is 0 Å². The van der Waals surface area contributed by atoms with Gasteiger partial charge in [0.25, 0.3) is 5.89 Å². The molecule has 1 aromatic heterocycles. The molecule has 0 radical (unpaired) electrons. The van der Waals surface area contributed by atoms with Crippen LogP contribution in [0.1, 0.15) is 19.7 Å². The highest BCUT2D eigenvalue weighted by Crippen LogP contribution is 2.23. The van der Waals surface area contributed by atoms with E-state index in [1.165, 1.54) is 5.39 Å². The first kappa shape index (κ1) is 17.7. The Kier molecular flexibility index (Phi) is 4.90. The largest absolute Gasteiger partial charge is 0.340 e. The van der Waals surface area contributed by atoms with E-state index < -0.39 is 0 Å². The number of hydrogen-bond donors (Lipinski definition) is 0. The van der Waals surface area contributed by atoms with Crippen LogP contribution in [0.3, 0.4) is 0 Å². The summed E-state index contributed by atoms with van der Waals surface area (Å²) in [6.07, 6.45) is 0. The fourth-order valence-corrected chi connectivity index (χ4v) is 3.45. The van der Waals surface area contributed by atoms with Crippen LogP contribution in [0.4, 0.5) is 0 Å². The Balaban J connectivity index is 1.40. The lowest BCUT2D eigenvalue weighted by atomic mass is 10.1. The Bertz CT molecular complexity index is 942. The standard InChI is InChI=1S/C21H24N4O2/c1-15(2)21(26)25-11-9-24(10-12-25)14-19-22-20(27-23-19)18-8-7-16-5-3-4-6-17(16)13-18/h3-8,13,15H,9-12,14H2,1-2H3. The van der Waals surface area contributed by atoms with Gasteiger partial charge in [0, 0.05) is 37.7 Å². The van der Waals surface area contributed by atoms with Gasteiger partial charge < -0.3 is 9.42 Å².